The Balaban J connectivity index is 1.56. The molecule has 0 bridgehead atoms. The summed E-state index contributed by atoms with van der Waals surface area (Å²) < 4.78 is 26.2. The topological polar surface area (TPSA) is 103 Å². The quantitative estimate of drug-likeness (QED) is 0.478. The van der Waals surface area contributed by atoms with Gasteiger partial charge in [0.1, 0.15) is 0 Å². The molecule has 3 aromatic rings. The SMILES string of the molecule is CNS(=O)(=O)c1cccc(C(C)NC(=O)NCCc2c[nH]c3cc(C)ccc23)c1. The van der Waals surface area contributed by atoms with Crippen molar-refractivity contribution in [3.63, 3.8) is 0 Å². The molecule has 0 aliphatic carbocycles. The maximum atomic E-state index is 12.2. The lowest BCUT2D eigenvalue weighted by atomic mass is 10.1. The van der Waals surface area contributed by atoms with Crippen molar-refractivity contribution >= 4 is 27.0 Å². The van der Waals surface area contributed by atoms with E-state index in [1.165, 1.54) is 18.7 Å². The number of sulfonamides is 1. The summed E-state index contributed by atoms with van der Waals surface area (Å²) in [5, 5.41) is 6.86. The van der Waals surface area contributed by atoms with Crippen molar-refractivity contribution in [2.75, 3.05) is 13.6 Å². The zero-order valence-corrected chi connectivity index (χ0v) is 17.6. The lowest BCUT2D eigenvalue weighted by Gasteiger charge is -2.16. The fourth-order valence-electron chi connectivity index (χ4n) is 3.22. The third-order valence-electron chi connectivity index (χ3n) is 4.89. The van der Waals surface area contributed by atoms with E-state index in [9.17, 15) is 13.2 Å². The van der Waals surface area contributed by atoms with E-state index in [1.54, 1.807) is 18.2 Å². The number of rotatable bonds is 7. The number of hydrogen-bond donors (Lipinski definition) is 4. The maximum absolute atomic E-state index is 12.2. The number of hydrogen-bond acceptors (Lipinski definition) is 3. The molecule has 0 aliphatic heterocycles. The van der Waals surface area contributed by atoms with Crippen LogP contribution in [0.25, 0.3) is 10.9 Å². The monoisotopic (exact) mass is 414 g/mol. The normalized spacial score (nSPS) is 12.7. The molecule has 3 rings (SSSR count). The fraction of sp³-hybridized carbons (Fsp3) is 0.286. The Morgan fingerprint density at radius 3 is 2.72 bits per heavy atom. The number of H-pyrrole nitrogens is 1. The van der Waals surface area contributed by atoms with E-state index >= 15 is 0 Å². The maximum Gasteiger partial charge on any atom is 0.315 e. The zero-order chi connectivity index (χ0) is 21.0. The first-order valence-corrected chi connectivity index (χ1v) is 10.9. The van der Waals surface area contributed by atoms with Crippen molar-refractivity contribution in [1.29, 1.82) is 0 Å². The van der Waals surface area contributed by atoms with Gasteiger partial charge in [-0.2, -0.15) is 0 Å². The van der Waals surface area contributed by atoms with E-state index in [0.717, 1.165) is 16.5 Å². The van der Waals surface area contributed by atoms with Gasteiger partial charge in [-0.15, -0.1) is 0 Å². The van der Waals surface area contributed by atoms with E-state index in [-0.39, 0.29) is 17.0 Å². The van der Waals surface area contributed by atoms with Gasteiger partial charge in [-0.25, -0.2) is 17.9 Å². The summed E-state index contributed by atoms with van der Waals surface area (Å²) in [6.07, 6.45) is 2.68. The Kier molecular flexibility index (Phi) is 6.24. The van der Waals surface area contributed by atoms with E-state index in [2.05, 4.69) is 45.5 Å². The molecular weight excluding hydrogens is 388 g/mol. The van der Waals surface area contributed by atoms with Gasteiger partial charge >= 0.3 is 6.03 Å². The minimum Gasteiger partial charge on any atom is -0.361 e. The lowest BCUT2D eigenvalue weighted by molar-refractivity contribution is 0.238. The summed E-state index contributed by atoms with van der Waals surface area (Å²) >= 11 is 0. The van der Waals surface area contributed by atoms with Crippen LogP contribution in [-0.2, 0) is 16.4 Å². The second kappa shape index (κ2) is 8.67. The predicted octanol–water partition coefficient (Wildman–Crippen LogP) is 2.99. The third kappa shape index (κ3) is 4.96. The van der Waals surface area contributed by atoms with Crippen molar-refractivity contribution in [1.82, 2.24) is 20.3 Å². The van der Waals surface area contributed by atoms with Crippen LogP contribution in [0.2, 0.25) is 0 Å². The lowest BCUT2D eigenvalue weighted by Crippen LogP contribution is -2.38. The molecule has 0 saturated carbocycles. The number of aromatic nitrogens is 1. The molecule has 0 aliphatic rings. The number of aryl methyl sites for hydroxylation is 1. The van der Waals surface area contributed by atoms with Gasteiger partial charge in [-0.1, -0.05) is 24.3 Å². The van der Waals surface area contributed by atoms with Gasteiger partial charge in [0.15, 0.2) is 0 Å². The molecule has 0 saturated heterocycles. The Morgan fingerprint density at radius 2 is 1.97 bits per heavy atom. The van der Waals surface area contributed by atoms with E-state index in [4.69, 9.17) is 0 Å². The summed E-state index contributed by atoms with van der Waals surface area (Å²) in [6, 6.07) is 12.2. The number of benzene rings is 2. The molecule has 1 atom stereocenters. The van der Waals surface area contributed by atoms with Gasteiger partial charge in [0.25, 0.3) is 0 Å². The highest BCUT2D eigenvalue weighted by atomic mass is 32.2. The van der Waals surface area contributed by atoms with Crippen LogP contribution in [0.5, 0.6) is 0 Å². The first kappa shape index (κ1) is 20.9. The molecular formula is C21H26N4O3S. The van der Waals surface area contributed by atoms with Crippen LogP contribution in [0.3, 0.4) is 0 Å². The zero-order valence-electron chi connectivity index (χ0n) is 16.7. The molecule has 0 fully saturated rings. The van der Waals surface area contributed by atoms with Gasteiger partial charge in [0.05, 0.1) is 10.9 Å². The van der Waals surface area contributed by atoms with E-state index < -0.39 is 10.0 Å². The molecule has 1 unspecified atom stereocenters. The Bertz CT molecular complexity index is 1120. The molecule has 29 heavy (non-hydrogen) atoms. The van der Waals surface area contributed by atoms with Gasteiger partial charge in [0.2, 0.25) is 10.0 Å². The van der Waals surface area contributed by atoms with E-state index in [1.807, 2.05) is 13.1 Å². The predicted molar refractivity (Wildman–Crippen MR) is 114 cm³/mol. The number of amides is 2. The highest BCUT2D eigenvalue weighted by molar-refractivity contribution is 7.89. The first-order chi connectivity index (χ1) is 13.8. The highest BCUT2D eigenvalue weighted by Crippen LogP contribution is 2.20. The molecule has 8 heteroatoms. The van der Waals surface area contributed by atoms with Crippen LogP contribution in [-0.4, -0.2) is 33.0 Å². The van der Waals surface area contributed by atoms with Crippen LogP contribution in [0.15, 0.2) is 53.6 Å². The van der Waals surface area contributed by atoms with Crippen LogP contribution in [0.4, 0.5) is 4.79 Å². The van der Waals surface area contributed by atoms with Gasteiger partial charge in [-0.05, 0) is 62.2 Å². The molecule has 4 N–H and O–H groups in total. The second-order valence-corrected chi connectivity index (χ2v) is 8.90. The summed E-state index contributed by atoms with van der Waals surface area (Å²) in [5.41, 5.74) is 4.15. The number of nitrogens with one attached hydrogen (secondary N) is 4. The standard InChI is InChI=1S/C21H26N4O3S/c1-14-7-8-19-17(13-24-20(19)11-14)9-10-23-21(26)25-15(2)16-5-4-6-18(12-16)29(27,28)22-3/h4-8,11-13,15,22,24H,9-10H2,1-3H3,(H2,23,25,26). The Labute approximate surface area is 171 Å². The van der Waals surface area contributed by atoms with Crippen molar-refractivity contribution in [2.24, 2.45) is 0 Å². The molecule has 2 amide bonds. The average molecular weight is 415 g/mol. The van der Waals surface area contributed by atoms with Gasteiger partial charge in [0, 0.05) is 23.6 Å². The number of carbonyl (C=O) groups excluding carboxylic acids is 1. The Hall–Kier alpha value is -2.84. The molecule has 0 spiro atoms. The largest absolute Gasteiger partial charge is 0.361 e. The molecule has 1 aromatic heterocycles. The van der Waals surface area contributed by atoms with Crippen molar-refractivity contribution in [2.45, 2.75) is 31.2 Å². The second-order valence-electron chi connectivity index (χ2n) is 7.01. The van der Waals surface area contributed by atoms with Crippen LogP contribution in [0, 0.1) is 6.92 Å². The van der Waals surface area contributed by atoms with Crippen LogP contribution >= 0.6 is 0 Å². The van der Waals surface area contributed by atoms with Crippen LogP contribution < -0.4 is 15.4 Å². The number of urea groups is 1. The highest BCUT2D eigenvalue weighted by Gasteiger charge is 2.15. The van der Waals surface area contributed by atoms with Crippen molar-refractivity contribution in [3.05, 3.63) is 65.4 Å². The smallest absolute Gasteiger partial charge is 0.315 e. The summed E-state index contributed by atoms with van der Waals surface area (Å²) in [7, 11) is -2.16. The summed E-state index contributed by atoms with van der Waals surface area (Å²) in [4.78, 5) is 15.7. The number of carbonyl (C=O) groups is 1. The minimum absolute atomic E-state index is 0.168. The number of aromatic amines is 1. The molecule has 7 nitrogen and oxygen atoms in total. The van der Waals surface area contributed by atoms with Gasteiger partial charge < -0.3 is 15.6 Å². The molecule has 0 radical (unpaired) electrons. The Morgan fingerprint density at radius 1 is 1.17 bits per heavy atom. The third-order valence-corrected chi connectivity index (χ3v) is 6.30. The summed E-state index contributed by atoms with van der Waals surface area (Å²) in [5.74, 6) is 0. The number of fused-ring (bicyclic) bond motifs is 1. The first-order valence-electron chi connectivity index (χ1n) is 9.44. The van der Waals surface area contributed by atoms with Gasteiger partial charge in [-0.3, -0.25) is 0 Å². The molecule has 154 valence electrons. The average Bonchev–Trinajstić information content (AvgIpc) is 3.10. The van der Waals surface area contributed by atoms with Crippen molar-refractivity contribution < 1.29 is 13.2 Å². The van der Waals surface area contributed by atoms with E-state index in [0.29, 0.717) is 18.5 Å². The fourth-order valence-corrected chi connectivity index (χ4v) is 4.00. The molecule has 1 heterocycles. The van der Waals surface area contributed by atoms with Crippen molar-refractivity contribution in [3.8, 4) is 0 Å². The minimum atomic E-state index is -3.52. The molecule has 2 aromatic carbocycles. The summed E-state index contributed by atoms with van der Waals surface area (Å²) in [6.45, 7) is 4.36. The van der Waals surface area contributed by atoms with Crippen LogP contribution in [0.1, 0.15) is 29.7 Å².